The van der Waals surface area contributed by atoms with Crippen molar-refractivity contribution in [3.8, 4) is 22.8 Å². The van der Waals surface area contributed by atoms with Gasteiger partial charge in [-0.3, -0.25) is 9.36 Å². The molecule has 0 saturated carbocycles. The molecule has 178 valence electrons. The predicted octanol–water partition coefficient (Wildman–Crippen LogP) is 5.37. The zero-order valence-corrected chi connectivity index (χ0v) is 20.3. The number of benzene rings is 3. The van der Waals surface area contributed by atoms with Crippen molar-refractivity contribution < 1.29 is 13.9 Å². The first-order valence-corrected chi connectivity index (χ1v) is 12.0. The van der Waals surface area contributed by atoms with E-state index in [1.165, 1.54) is 30.1 Å². The van der Waals surface area contributed by atoms with Gasteiger partial charge in [-0.2, -0.15) is 5.10 Å². The number of amides is 1. The Morgan fingerprint density at radius 1 is 1.09 bits per heavy atom. The van der Waals surface area contributed by atoms with Crippen molar-refractivity contribution in [1.82, 2.24) is 20.2 Å². The summed E-state index contributed by atoms with van der Waals surface area (Å²) in [6, 6.07) is 20.6. The van der Waals surface area contributed by atoms with Gasteiger partial charge in [0.15, 0.2) is 11.0 Å². The molecule has 0 spiro atoms. The summed E-state index contributed by atoms with van der Waals surface area (Å²) in [4.78, 5) is 12.3. The molecule has 0 aliphatic carbocycles. The number of carbonyl (C=O) groups excluding carboxylic acids is 1. The number of hydrazone groups is 1. The number of nitrogens with zero attached hydrogens (tertiary/aromatic N) is 4. The van der Waals surface area contributed by atoms with Gasteiger partial charge in [0.1, 0.15) is 11.6 Å². The third-order valence-electron chi connectivity index (χ3n) is 4.75. The standard InChI is InChI=1S/C25H21ClFN5O2S/c1-2-34-22-13-11-21(12-14-22)32-24(18-5-7-19(26)8-6-18)30-31-25(32)35-16-23(33)29-28-15-17-3-9-20(27)10-4-17/h3-15H,2,16H2,1H3,(H,29,33). The Balaban J connectivity index is 1.52. The number of hydrogen-bond donors (Lipinski definition) is 1. The van der Waals surface area contributed by atoms with Crippen LogP contribution < -0.4 is 10.2 Å². The van der Waals surface area contributed by atoms with Crippen LogP contribution in [-0.4, -0.2) is 39.2 Å². The van der Waals surface area contributed by atoms with Crippen molar-refractivity contribution in [1.29, 1.82) is 0 Å². The first-order valence-electron chi connectivity index (χ1n) is 10.7. The second kappa shape index (κ2) is 11.6. The first kappa shape index (κ1) is 24.4. The van der Waals surface area contributed by atoms with Crippen molar-refractivity contribution >= 4 is 35.5 Å². The Bertz CT molecular complexity index is 1310. The fraction of sp³-hybridized carbons (Fsp3) is 0.120. The summed E-state index contributed by atoms with van der Waals surface area (Å²) in [5.74, 6) is 0.782. The van der Waals surface area contributed by atoms with Gasteiger partial charge in [0, 0.05) is 16.3 Å². The summed E-state index contributed by atoms with van der Waals surface area (Å²) in [5, 5.41) is 13.8. The summed E-state index contributed by atoms with van der Waals surface area (Å²) in [6.45, 7) is 2.50. The van der Waals surface area contributed by atoms with Crippen LogP contribution in [0.25, 0.3) is 17.1 Å². The second-order valence-corrected chi connectivity index (χ2v) is 8.59. The highest BCUT2D eigenvalue weighted by Crippen LogP contribution is 2.29. The van der Waals surface area contributed by atoms with Gasteiger partial charge in [0.25, 0.3) is 5.91 Å². The zero-order valence-electron chi connectivity index (χ0n) is 18.7. The van der Waals surface area contributed by atoms with E-state index in [1.54, 1.807) is 24.3 Å². The van der Waals surface area contributed by atoms with Gasteiger partial charge in [-0.1, -0.05) is 35.5 Å². The van der Waals surface area contributed by atoms with Gasteiger partial charge in [-0.05, 0) is 73.2 Å². The van der Waals surface area contributed by atoms with Crippen LogP contribution in [0, 0.1) is 5.82 Å². The Hall–Kier alpha value is -3.69. The molecule has 0 radical (unpaired) electrons. The fourth-order valence-electron chi connectivity index (χ4n) is 3.13. The predicted molar refractivity (Wildman–Crippen MR) is 136 cm³/mol. The molecule has 0 atom stereocenters. The molecule has 10 heteroatoms. The highest BCUT2D eigenvalue weighted by molar-refractivity contribution is 7.99. The summed E-state index contributed by atoms with van der Waals surface area (Å²) >= 11 is 7.27. The molecule has 0 unspecified atom stereocenters. The lowest BCUT2D eigenvalue weighted by Gasteiger charge is -2.11. The summed E-state index contributed by atoms with van der Waals surface area (Å²) in [7, 11) is 0. The number of nitrogens with one attached hydrogen (secondary N) is 1. The lowest BCUT2D eigenvalue weighted by molar-refractivity contribution is -0.118. The molecule has 4 rings (SSSR count). The number of carbonyl (C=O) groups is 1. The van der Waals surface area contributed by atoms with Gasteiger partial charge >= 0.3 is 0 Å². The molecule has 0 fully saturated rings. The number of ether oxygens (including phenoxy) is 1. The van der Waals surface area contributed by atoms with Crippen LogP contribution >= 0.6 is 23.4 Å². The average molecular weight is 510 g/mol. The summed E-state index contributed by atoms with van der Waals surface area (Å²) in [5.41, 5.74) is 4.79. The lowest BCUT2D eigenvalue weighted by Crippen LogP contribution is -2.20. The van der Waals surface area contributed by atoms with E-state index in [0.29, 0.717) is 28.2 Å². The molecule has 1 amide bonds. The molecule has 1 heterocycles. The van der Waals surface area contributed by atoms with E-state index in [-0.39, 0.29) is 17.5 Å². The molecule has 4 aromatic rings. The number of halogens is 2. The Kier molecular flexibility index (Phi) is 8.12. The normalized spacial score (nSPS) is 11.1. The van der Waals surface area contributed by atoms with E-state index in [2.05, 4.69) is 20.7 Å². The van der Waals surface area contributed by atoms with Crippen molar-refractivity contribution in [2.45, 2.75) is 12.1 Å². The van der Waals surface area contributed by atoms with Gasteiger partial charge in [0.05, 0.1) is 18.6 Å². The van der Waals surface area contributed by atoms with Crippen molar-refractivity contribution in [3.63, 3.8) is 0 Å². The highest BCUT2D eigenvalue weighted by Gasteiger charge is 2.17. The van der Waals surface area contributed by atoms with Crippen molar-refractivity contribution in [2.75, 3.05) is 12.4 Å². The number of aromatic nitrogens is 3. The van der Waals surface area contributed by atoms with Crippen LogP contribution in [-0.2, 0) is 4.79 Å². The zero-order chi connectivity index (χ0) is 24.6. The van der Waals surface area contributed by atoms with Crippen LogP contribution in [0.2, 0.25) is 5.02 Å². The number of thioether (sulfide) groups is 1. The molecule has 0 aliphatic heterocycles. The molecule has 0 saturated heterocycles. The van der Waals surface area contributed by atoms with Gasteiger partial charge in [-0.25, -0.2) is 9.82 Å². The average Bonchev–Trinajstić information content (AvgIpc) is 3.29. The van der Waals surface area contributed by atoms with Crippen LogP contribution in [0.5, 0.6) is 5.75 Å². The van der Waals surface area contributed by atoms with Crippen LogP contribution in [0.15, 0.2) is 83.1 Å². The Morgan fingerprint density at radius 3 is 2.49 bits per heavy atom. The smallest absolute Gasteiger partial charge is 0.250 e. The van der Waals surface area contributed by atoms with Gasteiger partial charge in [0.2, 0.25) is 0 Å². The SMILES string of the molecule is CCOc1ccc(-n2c(SCC(=O)NN=Cc3ccc(F)cc3)nnc2-c2ccc(Cl)cc2)cc1. The van der Waals surface area contributed by atoms with Crippen LogP contribution in [0.3, 0.4) is 0 Å². The molecule has 1 aromatic heterocycles. The molecular weight excluding hydrogens is 489 g/mol. The Morgan fingerprint density at radius 2 is 1.80 bits per heavy atom. The molecule has 0 aliphatic rings. The third-order valence-corrected chi connectivity index (χ3v) is 5.93. The molecule has 7 nitrogen and oxygen atoms in total. The molecule has 35 heavy (non-hydrogen) atoms. The molecule has 1 N–H and O–H groups in total. The van der Waals surface area contributed by atoms with E-state index in [1.807, 2.05) is 47.9 Å². The van der Waals surface area contributed by atoms with Crippen molar-refractivity contribution in [2.24, 2.45) is 5.10 Å². The van der Waals surface area contributed by atoms with E-state index in [0.717, 1.165) is 17.0 Å². The van der Waals surface area contributed by atoms with Gasteiger partial charge in [-0.15, -0.1) is 10.2 Å². The minimum Gasteiger partial charge on any atom is -0.494 e. The lowest BCUT2D eigenvalue weighted by atomic mass is 10.2. The topological polar surface area (TPSA) is 81.4 Å². The largest absolute Gasteiger partial charge is 0.494 e. The maximum absolute atomic E-state index is 13.0. The minimum atomic E-state index is -0.336. The van der Waals surface area contributed by atoms with Gasteiger partial charge < -0.3 is 4.74 Å². The van der Waals surface area contributed by atoms with E-state index in [4.69, 9.17) is 16.3 Å². The Labute approximate surface area is 211 Å². The first-order chi connectivity index (χ1) is 17.0. The quantitative estimate of drug-likeness (QED) is 0.186. The highest BCUT2D eigenvalue weighted by atomic mass is 35.5. The fourth-order valence-corrected chi connectivity index (χ4v) is 4.00. The maximum Gasteiger partial charge on any atom is 0.250 e. The van der Waals surface area contributed by atoms with E-state index < -0.39 is 0 Å². The number of rotatable bonds is 9. The second-order valence-electron chi connectivity index (χ2n) is 7.21. The van der Waals surface area contributed by atoms with Crippen molar-refractivity contribution in [3.05, 3.63) is 89.2 Å². The maximum atomic E-state index is 13.0. The summed E-state index contributed by atoms with van der Waals surface area (Å²) < 4.78 is 20.4. The van der Waals surface area contributed by atoms with E-state index >= 15 is 0 Å². The van der Waals surface area contributed by atoms with E-state index in [9.17, 15) is 9.18 Å². The molecular formula is C25H21ClFN5O2S. The third kappa shape index (κ3) is 6.46. The monoisotopic (exact) mass is 509 g/mol. The van der Waals surface area contributed by atoms with Crippen LogP contribution in [0.4, 0.5) is 4.39 Å². The van der Waals surface area contributed by atoms with Crippen LogP contribution in [0.1, 0.15) is 12.5 Å². The minimum absolute atomic E-state index is 0.0660. The molecule has 0 bridgehead atoms. The molecule has 3 aromatic carbocycles. The number of hydrogen-bond acceptors (Lipinski definition) is 6. The summed E-state index contributed by atoms with van der Waals surface area (Å²) in [6.07, 6.45) is 1.45.